The number of amides is 2. The van der Waals surface area contributed by atoms with Crippen LogP contribution in [0.3, 0.4) is 0 Å². The number of carbonyl (C=O) groups excluding carboxylic acids is 2. The molecule has 1 fully saturated rings. The van der Waals surface area contributed by atoms with Crippen LogP contribution in [0.1, 0.15) is 43.7 Å². The number of rotatable bonds is 5. The second kappa shape index (κ2) is 10.3. The summed E-state index contributed by atoms with van der Waals surface area (Å²) in [4.78, 5) is 35.5. The lowest BCUT2D eigenvalue weighted by molar-refractivity contribution is -0.113. The minimum atomic E-state index is -0.542. The molecule has 3 heterocycles. The quantitative estimate of drug-likeness (QED) is 0.545. The predicted octanol–water partition coefficient (Wildman–Crippen LogP) is 5.50. The van der Waals surface area contributed by atoms with Crippen molar-refractivity contribution in [3.8, 4) is 0 Å². The van der Waals surface area contributed by atoms with E-state index in [0.717, 1.165) is 28.3 Å². The molecule has 0 spiro atoms. The van der Waals surface area contributed by atoms with Gasteiger partial charge in [-0.05, 0) is 56.5 Å². The molecule has 3 aliphatic rings. The highest BCUT2D eigenvalue weighted by atomic mass is 35.5. The van der Waals surface area contributed by atoms with Gasteiger partial charge in [-0.2, -0.15) is 0 Å². The Morgan fingerprint density at radius 2 is 2.03 bits per heavy atom. The molecule has 2 amide bonds. The van der Waals surface area contributed by atoms with Crippen LogP contribution < -0.4 is 5.32 Å². The van der Waals surface area contributed by atoms with E-state index in [4.69, 9.17) is 16.3 Å². The summed E-state index contributed by atoms with van der Waals surface area (Å²) in [7, 11) is 0. The normalized spacial score (nSPS) is 22.1. The van der Waals surface area contributed by atoms with Gasteiger partial charge in [0, 0.05) is 47.5 Å². The lowest BCUT2D eigenvalue weighted by Gasteiger charge is -2.29. The number of hydrogen-bond acceptors (Lipinski definition) is 6. The summed E-state index contributed by atoms with van der Waals surface area (Å²) >= 11 is 7.76. The molecule has 7 nitrogen and oxygen atoms in total. The van der Waals surface area contributed by atoms with Crippen molar-refractivity contribution in [1.82, 2.24) is 15.2 Å². The average Bonchev–Trinajstić information content (AvgIpc) is 3.52. The lowest BCUT2D eigenvalue weighted by atomic mass is 9.82. The van der Waals surface area contributed by atoms with Crippen molar-refractivity contribution in [1.29, 1.82) is 0 Å². The minimum absolute atomic E-state index is 0.0136. The molecular formula is C28H29ClN4O3S. The first kappa shape index (κ1) is 25.4. The van der Waals surface area contributed by atoms with Crippen LogP contribution in [0, 0.1) is 5.92 Å². The summed E-state index contributed by atoms with van der Waals surface area (Å²) in [5, 5.41) is 7.17. The van der Waals surface area contributed by atoms with Crippen molar-refractivity contribution in [3.05, 3.63) is 87.0 Å². The Kier molecular flexibility index (Phi) is 7.05. The van der Waals surface area contributed by atoms with Crippen LogP contribution in [0.15, 0.2) is 76.4 Å². The van der Waals surface area contributed by atoms with Crippen molar-refractivity contribution in [2.75, 3.05) is 13.1 Å². The van der Waals surface area contributed by atoms with E-state index < -0.39 is 5.60 Å². The average molecular weight is 537 g/mol. The fraction of sp³-hybridized carbons (Fsp3) is 0.357. The van der Waals surface area contributed by atoms with Crippen molar-refractivity contribution in [3.63, 3.8) is 0 Å². The molecule has 1 N–H and O–H groups in total. The van der Waals surface area contributed by atoms with Crippen LogP contribution in [0.4, 0.5) is 4.79 Å². The zero-order valence-electron chi connectivity index (χ0n) is 21.0. The Bertz CT molecular complexity index is 1310. The van der Waals surface area contributed by atoms with E-state index in [9.17, 15) is 9.59 Å². The van der Waals surface area contributed by atoms with Gasteiger partial charge in [0.25, 0.3) is 5.91 Å². The fourth-order valence-electron chi connectivity index (χ4n) is 4.80. The number of halogens is 1. The molecule has 2 aliphatic heterocycles. The highest BCUT2D eigenvalue weighted by molar-refractivity contribution is 7.09. The van der Waals surface area contributed by atoms with Crippen LogP contribution in [0.5, 0.6) is 0 Å². The molecule has 0 saturated carbocycles. The van der Waals surface area contributed by atoms with Gasteiger partial charge in [0.1, 0.15) is 10.6 Å². The zero-order valence-corrected chi connectivity index (χ0v) is 22.6. The van der Waals surface area contributed by atoms with Gasteiger partial charge in [-0.15, -0.1) is 11.3 Å². The fourth-order valence-corrected chi connectivity index (χ4v) is 5.71. The first-order valence-corrected chi connectivity index (χ1v) is 13.6. The number of thiazole rings is 1. The third-order valence-electron chi connectivity index (χ3n) is 6.42. The van der Waals surface area contributed by atoms with Crippen LogP contribution in [-0.2, 0) is 9.53 Å². The topological polar surface area (TPSA) is 83.9 Å². The van der Waals surface area contributed by atoms with Crippen LogP contribution in [-0.4, -0.2) is 52.3 Å². The Morgan fingerprint density at radius 3 is 2.73 bits per heavy atom. The number of dihydropyridines is 1. The summed E-state index contributed by atoms with van der Waals surface area (Å²) in [6, 6.07) is 7.84. The highest BCUT2D eigenvalue weighted by Crippen LogP contribution is 2.38. The molecule has 2 unspecified atom stereocenters. The molecule has 1 aromatic carbocycles. The number of likely N-dealkylation sites (tertiary alicyclic amines) is 1. The summed E-state index contributed by atoms with van der Waals surface area (Å²) < 4.78 is 5.53. The maximum Gasteiger partial charge on any atom is 0.410 e. The molecule has 1 saturated heterocycles. The number of ether oxygens (including phenoxy) is 1. The second-order valence-electron chi connectivity index (χ2n) is 10.4. The van der Waals surface area contributed by atoms with Gasteiger partial charge in [0.2, 0.25) is 0 Å². The first-order chi connectivity index (χ1) is 17.7. The Hall–Kier alpha value is -3.23. The first-order valence-electron chi connectivity index (χ1n) is 12.3. The summed E-state index contributed by atoms with van der Waals surface area (Å²) in [6.07, 6.45) is 9.93. The summed E-state index contributed by atoms with van der Waals surface area (Å²) in [6.45, 7) is 6.69. The van der Waals surface area contributed by atoms with Gasteiger partial charge in [-0.1, -0.05) is 35.9 Å². The van der Waals surface area contributed by atoms with Crippen LogP contribution in [0.2, 0.25) is 5.02 Å². The SMILES string of the molecule is CC(C)(C)OC(=O)N1CC[C@@H](NC2=CC(=O)N=C3C=CC(C(c4ccc(Cl)cc4)c4nccs4)=CC23)C1. The van der Waals surface area contributed by atoms with E-state index >= 15 is 0 Å². The van der Waals surface area contributed by atoms with Crippen LogP contribution >= 0.6 is 22.9 Å². The molecule has 5 rings (SSSR count). The van der Waals surface area contributed by atoms with E-state index in [1.807, 2.05) is 68.8 Å². The van der Waals surface area contributed by atoms with E-state index in [2.05, 4.69) is 21.4 Å². The largest absolute Gasteiger partial charge is 0.444 e. The molecule has 0 bridgehead atoms. The monoisotopic (exact) mass is 536 g/mol. The Labute approximate surface area is 225 Å². The number of aromatic nitrogens is 1. The lowest BCUT2D eigenvalue weighted by Crippen LogP contribution is -2.40. The maximum absolute atomic E-state index is 12.5. The molecule has 192 valence electrons. The number of aliphatic imine (C=N–C) groups is 1. The zero-order chi connectivity index (χ0) is 26.2. The second-order valence-corrected chi connectivity index (χ2v) is 11.7. The van der Waals surface area contributed by atoms with E-state index in [1.54, 1.807) is 22.3 Å². The maximum atomic E-state index is 12.5. The smallest absolute Gasteiger partial charge is 0.410 e. The van der Waals surface area contributed by atoms with E-state index in [0.29, 0.717) is 23.8 Å². The van der Waals surface area contributed by atoms with Crippen molar-refractivity contribution >= 4 is 40.6 Å². The van der Waals surface area contributed by atoms with Crippen LogP contribution in [0.25, 0.3) is 0 Å². The number of nitrogens with zero attached hydrogens (tertiary/aromatic N) is 3. The Morgan fingerprint density at radius 1 is 1.24 bits per heavy atom. The van der Waals surface area contributed by atoms with Crippen molar-refractivity contribution in [2.24, 2.45) is 10.9 Å². The number of benzene rings is 1. The molecular weight excluding hydrogens is 508 g/mol. The third kappa shape index (κ3) is 5.86. The standard InChI is InChI=1S/C28H29ClN4O3S/c1-28(2,3)36-27(35)33-12-10-20(16-33)31-23-15-24(34)32-22-9-6-18(14-21(22)23)25(26-30-11-13-37-26)17-4-7-19(29)8-5-17/h4-9,11,13-15,20-21,25,31H,10,12,16H2,1-3H3/t20-,21?,25?/m1/s1. The van der Waals surface area contributed by atoms with Gasteiger partial charge < -0.3 is 15.0 Å². The highest BCUT2D eigenvalue weighted by Gasteiger charge is 2.34. The van der Waals surface area contributed by atoms with Gasteiger partial charge in [-0.25, -0.2) is 14.8 Å². The number of allylic oxidation sites excluding steroid dienone is 4. The molecule has 3 atom stereocenters. The van der Waals surface area contributed by atoms with Gasteiger partial charge in [-0.3, -0.25) is 4.79 Å². The van der Waals surface area contributed by atoms with Gasteiger partial charge >= 0.3 is 6.09 Å². The van der Waals surface area contributed by atoms with E-state index in [-0.39, 0.29) is 29.9 Å². The van der Waals surface area contributed by atoms with Gasteiger partial charge in [0.15, 0.2) is 0 Å². The third-order valence-corrected chi connectivity index (χ3v) is 7.52. The Balaban J connectivity index is 1.38. The molecule has 1 aliphatic carbocycles. The number of hydrogen-bond donors (Lipinski definition) is 1. The number of carbonyl (C=O) groups is 2. The van der Waals surface area contributed by atoms with Crippen molar-refractivity contribution < 1.29 is 14.3 Å². The van der Waals surface area contributed by atoms with Gasteiger partial charge in [0.05, 0.1) is 17.5 Å². The number of nitrogens with one attached hydrogen (secondary N) is 1. The summed E-state index contributed by atoms with van der Waals surface area (Å²) in [5.74, 6) is -0.544. The molecule has 2 aromatic rings. The predicted molar refractivity (Wildman–Crippen MR) is 146 cm³/mol. The molecule has 1 aromatic heterocycles. The molecule has 37 heavy (non-hydrogen) atoms. The van der Waals surface area contributed by atoms with E-state index in [1.165, 1.54) is 0 Å². The molecule has 9 heteroatoms. The minimum Gasteiger partial charge on any atom is -0.444 e. The van der Waals surface area contributed by atoms with Crippen molar-refractivity contribution in [2.45, 2.75) is 44.8 Å². The summed E-state index contributed by atoms with van der Waals surface area (Å²) in [5.41, 5.74) is 3.12. The molecule has 0 radical (unpaired) electrons. The number of fused-ring (bicyclic) bond motifs is 1.